The average Bonchev–Trinajstić information content (AvgIpc) is 2.42. The zero-order valence-corrected chi connectivity index (χ0v) is 12.6. The molecular weight excluding hydrogens is 242 g/mol. The third-order valence-corrected chi connectivity index (χ3v) is 4.31. The van der Waals surface area contributed by atoms with E-state index in [2.05, 4.69) is 43.4 Å². The summed E-state index contributed by atoms with van der Waals surface area (Å²) in [5.74, 6) is 2.01. The minimum atomic E-state index is 0.767. The van der Waals surface area contributed by atoms with Crippen LogP contribution in [0.1, 0.15) is 25.8 Å². The summed E-state index contributed by atoms with van der Waals surface area (Å²) in [4.78, 5) is 1.37. The average molecular weight is 267 g/mol. The number of benzene rings is 1. The fourth-order valence-corrected chi connectivity index (χ4v) is 2.51. The molecule has 0 aliphatic heterocycles. The second-order valence-electron chi connectivity index (χ2n) is 4.64. The standard InChI is InChI=1S/C15H25NOS/c1-4-13(2)12-18-15-7-5-14(6-8-15)11-16-9-10-17-3/h5-8,13,16H,4,9-12H2,1-3H3. The molecule has 2 nitrogen and oxygen atoms in total. The third-order valence-electron chi connectivity index (χ3n) is 2.97. The van der Waals surface area contributed by atoms with Gasteiger partial charge in [-0.25, -0.2) is 0 Å². The molecule has 1 N–H and O–H groups in total. The van der Waals surface area contributed by atoms with Crippen molar-refractivity contribution in [3.63, 3.8) is 0 Å². The Morgan fingerprint density at radius 2 is 2.00 bits per heavy atom. The molecule has 1 atom stereocenters. The van der Waals surface area contributed by atoms with Gasteiger partial charge in [0.15, 0.2) is 0 Å². The number of methoxy groups -OCH3 is 1. The zero-order chi connectivity index (χ0) is 13.2. The molecule has 0 radical (unpaired) electrons. The summed E-state index contributed by atoms with van der Waals surface area (Å²) >= 11 is 1.95. The molecule has 0 amide bonds. The molecule has 0 saturated heterocycles. The molecule has 18 heavy (non-hydrogen) atoms. The Hall–Kier alpha value is -0.510. The Morgan fingerprint density at radius 3 is 2.61 bits per heavy atom. The van der Waals surface area contributed by atoms with Gasteiger partial charge in [-0.15, -0.1) is 11.8 Å². The summed E-state index contributed by atoms with van der Waals surface area (Å²) in [6, 6.07) is 8.86. The minimum absolute atomic E-state index is 0.767. The Bertz CT molecular complexity index is 313. The minimum Gasteiger partial charge on any atom is -0.383 e. The number of thioether (sulfide) groups is 1. The van der Waals surface area contributed by atoms with Gasteiger partial charge in [-0.05, 0) is 23.6 Å². The molecule has 3 heteroatoms. The Labute approximate surface area is 116 Å². The lowest BCUT2D eigenvalue weighted by atomic mass is 10.2. The molecule has 0 aliphatic carbocycles. The molecule has 1 rings (SSSR count). The van der Waals surface area contributed by atoms with Crippen molar-refractivity contribution in [2.75, 3.05) is 26.0 Å². The van der Waals surface area contributed by atoms with Gasteiger partial charge in [-0.1, -0.05) is 32.4 Å². The van der Waals surface area contributed by atoms with Crippen molar-refractivity contribution in [1.82, 2.24) is 5.32 Å². The van der Waals surface area contributed by atoms with Crippen molar-refractivity contribution in [1.29, 1.82) is 0 Å². The fraction of sp³-hybridized carbons (Fsp3) is 0.600. The number of hydrogen-bond acceptors (Lipinski definition) is 3. The summed E-state index contributed by atoms with van der Waals surface area (Å²) in [7, 11) is 1.73. The molecule has 0 saturated carbocycles. The summed E-state index contributed by atoms with van der Waals surface area (Å²) in [5, 5.41) is 3.35. The highest BCUT2D eigenvalue weighted by Gasteiger charge is 2.00. The van der Waals surface area contributed by atoms with E-state index in [4.69, 9.17) is 4.74 Å². The van der Waals surface area contributed by atoms with E-state index in [1.807, 2.05) is 11.8 Å². The van der Waals surface area contributed by atoms with Crippen molar-refractivity contribution in [3.8, 4) is 0 Å². The van der Waals surface area contributed by atoms with Gasteiger partial charge in [-0.3, -0.25) is 0 Å². The fourth-order valence-electron chi connectivity index (χ4n) is 1.47. The Balaban J connectivity index is 2.28. The predicted octanol–water partition coefficient (Wildman–Crippen LogP) is 3.56. The third kappa shape index (κ3) is 6.43. The van der Waals surface area contributed by atoms with Gasteiger partial charge in [-0.2, -0.15) is 0 Å². The van der Waals surface area contributed by atoms with Crippen LogP contribution in [0.3, 0.4) is 0 Å². The van der Waals surface area contributed by atoms with Gasteiger partial charge in [0, 0.05) is 30.8 Å². The van der Waals surface area contributed by atoms with Gasteiger partial charge in [0.25, 0.3) is 0 Å². The summed E-state index contributed by atoms with van der Waals surface area (Å²) in [6.45, 7) is 7.14. The van der Waals surface area contributed by atoms with Gasteiger partial charge in [0.05, 0.1) is 6.61 Å². The van der Waals surface area contributed by atoms with E-state index in [9.17, 15) is 0 Å². The van der Waals surface area contributed by atoms with E-state index >= 15 is 0 Å². The molecule has 0 spiro atoms. The van der Waals surface area contributed by atoms with Crippen LogP contribution >= 0.6 is 11.8 Å². The van der Waals surface area contributed by atoms with Crippen molar-refractivity contribution in [3.05, 3.63) is 29.8 Å². The highest BCUT2D eigenvalue weighted by atomic mass is 32.2. The van der Waals surface area contributed by atoms with Crippen LogP contribution in [0.15, 0.2) is 29.2 Å². The van der Waals surface area contributed by atoms with Gasteiger partial charge >= 0.3 is 0 Å². The van der Waals surface area contributed by atoms with Crippen LogP contribution in [0, 0.1) is 5.92 Å². The van der Waals surface area contributed by atoms with E-state index in [1.165, 1.54) is 22.6 Å². The molecule has 0 aliphatic rings. The van der Waals surface area contributed by atoms with Crippen LogP contribution in [0.25, 0.3) is 0 Å². The first kappa shape index (κ1) is 15.5. The monoisotopic (exact) mass is 267 g/mol. The van der Waals surface area contributed by atoms with Crippen LogP contribution in [-0.2, 0) is 11.3 Å². The first-order valence-corrected chi connectivity index (χ1v) is 7.66. The molecule has 1 aromatic rings. The molecule has 0 heterocycles. The summed E-state index contributed by atoms with van der Waals surface area (Å²) < 4.78 is 5.00. The molecule has 1 unspecified atom stereocenters. The highest BCUT2D eigenvalue weighted by Crippen LogP contribution is 2.22. The topological polar surface area (TPSA) is 21.3 Å². The van der Waals surface area contributed by atoms with Gasteiger partial charge in [0.1, 0.15) is 0 Å². The lowest BCUT2D eigenvalue weighted by Crippen LogP contribution is -2.18. The quantitative estimate of drug-likeness (QED) is 0.546. The second-order valence-corrected chi connectivity index (χ2v) is 5.73. The molecule has 1 aromatic carbocycles. The van der Waals surface area contributed by atoms with Crippen LogP contribution in [-0.4, -0.2) is 26.0 Å². The zero-order valence-electron chi connectivity index (χ0n) is 11.7. The SMILES string of the molecule is CCC(C)CSc1ccc(CNCCOC)cc1. The van der Waals surface area contributed by atoms with E-state index in [-0.39, 0.29) is 0 Å². The summed E-state index contributed by atoms with van der Waals surface area (Å²) in [6.07, 6.45) is 1.26. The van der Waals surface area contributed by atoms with Crippen molar-refractivity contribution in [2.45, 2.75) is 31.7 Å². The number of hydrogen-bond donors (Lipinski definition) is 1. The maximum atomic E-state index is 5.00. The van der Waals surface area contributed by atoms with Gasteiger partial charge in [0.2, 0.25) is 0 Å². The normalized spacial score (nSPS) is 12.6. The van der Waals surface area contributed by atoms with Crippen LogP contribution in [0.5, 0.6) is 0 Å². The van der Waals surface area contributed by atoms with Crippen LogP contribution in [0.4, 0.5) is 0 Å². The molecule has 0 aromatic heterocycles. The number of nitrogens with one attached hydrogen (secondary N) is 1. The maximum absolute atomic E-state index is 5.00. The first-order chi connectivity index (χ1) is 8.76. The molecular formula is C15H25NOS. The lowest BCUT2D eigenvalue weighted by Gasteiger charge is -2.08. The Kier molecular flexibility index (Phi) is 8.14. The van der Waals surface area contributed by atoms with Gasteiger partial charge < -0.3 is 10.1 Å². The lowest BCUT2D eigenvalue weighted by molar-refractivity contribution is 0.199. The largest absolute Gasteiger partial charge is 0.383 e. The number of rotatable bonds is 9. The van der Waals surface area contributed by atoms with Crippen molar-refractivity contribution in [2.24, 2.45) is 5.92 Å². The Morgan fingerprint density at radius 1 is 1.28 bits per heavy atom. The van der Waals surface area contributed by atoms with E-state index in [1.54, 1.807) is 7.11 Å². The highest BCUT2D eigenvalue weighted by molar-refractivity contribution is 7.99. The molecule has 0 fully saturated rings. The van der Waals surface area contributed by atoms with Crippen molar-refractivity contribution < 1.29 is 4.74 Å². The van der Waals surface area contributed by atoms with E-state index < -0.39 is 0 Å². The van der Waals surface area contributed by atoms with E-state index in [0.29, 0.717) is 0 Å². The van der Waals surface area contributed by atoms with Crippen LogP contribution < -0.4 is 5.32 Å². The summed E-state index contributed by atoms with van der Waals surface area (Å²) in [5.41, 5.74) is 1.33. The molecule has 102 valence electrons. The number of ether oxygens (including phenoxy) is 1. The first-order valence-electron chi connectivity index (χ1n) is 6.67. The smallest absolute Gasteiger partial charge is 0.0587 e. The molecule has 0 bridgehead atoms. The van der Waals surface area contributed by atoms with Crippen LogP contribution in [0.2, 0.25) is 0 Å². The van der Waals surface area contributed by atoms with E-state index in [0.717, 1.165) is 25.6 Å². The maximum Gasteiger partial charge on any atom is 0.0587 e. The second kappa shape index (κ2) is 9.42. The predicted molar refractivity (Wildman–Crippen MR) is 80.2 cm³/mol. The van der Waals surface area contributed by atoms with Crippen molar-refractivity contribution >= 4 is 11.8 Å².